The van der Waals surface area contributed by atoms with E-state index in [0.717, 1.165) is 30.0 Å². The normalized spacial score (nSPS) is 14.3. The van der Waals surface area contributed by atoms with Crippen LogP contribution in [0, 0.1) is 5.92 Å². The first-order chi connectivity index (χ1) is 18.4. The minimum absolute atomic E-state index is 0.0912. The second-order valence-corrected chi connectivity index (χ2v) is 10.2. The number of amides is 2. The number of rotatable bonds is 11. The van der Waals surface area contributed by atoms with Gasteiger partial charge < -0.3 is 19.8 Å². The molecule has 3 heterocycles. The zero-order valence-electron chi connectivity index (χ0n) is 22.3. The summed E-state index contributed by atoms with van der Waals surface area (Å²) >= 11 is 0. The quantitative estimate of drug-likeness (QED) is 0.293. The van der Waals surface area contributed by atoms with E-state index in [1.54, 1.807) is 44.8 Å². The molecule has 10 nitrogen and oxygen atoms in total. The minimum atomic E-state index is -0.304. The number of allylic oxidation sites excluding steroid dienone is 1. The van der Waals surface area contributed by atoms with Crippen LogP contribution in [0.15, 0.2) is 41.6 Å². The van der Waals surface area contributed by atoms with Gasteiger partial charge in [0.15, 0.2) is 5.65 Å². The number of hydrogen-bond donors (Lipinski definition) is 2. The Bertz CT molecular complexity index is 1340. The molecule has 0 radical (unpaired) electrons. The van der Waals surface area contributed by atoms with E-state index in [1.807, 2.05) is 0 Å². The fourth-order valence-corrected chi connectivity index (χ4v) is 4.85. The van der Waals surface area contributed by atoms with Crippen LogP contribution in [0.4, 0.5) is 5.69 Å². The van der Waals surface area contributed by atoms with E-state index in [1.165, 1.54) is 47.6 Å². The van der Waals surface area contributed by atoms with Crippen molar-refractivity contribution in [3.8, 4) is 0 Å². The maximum atomic E-state index is 13.0. The van der Waals surface area contributed by atoms with Crippen molar-refractivity contribution in [1.82, 2.24) is 29.4 Å². The molecule has 3 aromatic heterocycles. The molecule has 1 aliphatic rings. The molecule has 10 heteroatoms. The van der Waals surface area contributed by atoms with Crippen LogP contribution < -0.4 is 10.9 Å². The van der Waals surface area contributed by atoms with Crippen molar-refractivity contribution in [2.24, 2.45) is 5.92 Å². The molecule has 2 amide bonds. The average molecular weight is 520 g/mol. The first kappa shape index (κ1) is 27.2. The van der Waals surface area contributed by atoms with Gasteiger partial charge in [-0.3, -0.25) is 14.4 Å². The molecular weight excluding hydrogens is 482 g/mol. The van der Waals surface area contributed by atoms with Gasteiger partial charge in [0, 0.05) is 26.7 Å². The van der Waals surface area contributed by atoms with Gasteiger partial charge in [-0.1, -0.05) is 38.2 Å². The number of aromatic amines is 1. The molecule has 1 fully saturated rings. The number of nitrogens with zero attached hydrogens (tertiary/aromatic N) is 5. The summed E-state index contributed by atoms with van der Waals surface area (Å²) in [4.78, 5) is 55.2. The van der Waals surface area contributed by atoms with Gasteiger partial charge in [-0.15, -0.1) is 0 Å². The molecule has 0 saturated heterocycles. The number of H-pyrrole nitrogens is 1. The molecule has 0 bridgehead atoms. The lowest BCUT2D eigenvalue weighted by molar-refractivity contribution is -0.123. The second-order valence-electron chi connectivity index (χ2n) is 10.2. The molecular formula is C28H37N7O3. The molecule has 0 spiro atoms. The van der Waals surface area contributed by atoms with Crippen LogP contribution in [0.2, 0.25) is 0 Å². The van der Waals surface area contributed by atoms with Gasteiger partial charge in [-0.05, 0) is 49.8 Å². The number of aromatic nitrogens is 5. The van der Waals surface area contributed by atoms with Crippen LogP contribution in [0.3, 0.4) is 0 Å². The molecule has 0 atom stereocenters. The van der Waals surface area contributed by atoms with Gasteiger partial charge in [0.25, 0.3) is 5.56 Å². The minimum Gasteiger partial charge on any atom is -0.345 e. The van der Waals surface area contributed by atoms with Gasteiger partial charge in [0.1, 0.15) is 23.4 Å². The fourth-order valence-electron chi connectivity index (χ4n) is 4.85. The van der Waals surface area contributed by atoms with Crippen molar-refractivity contribution in [3.63, 3.8) is 0 Å². The Morgan fingerprint density at radius 1 is 1.21 bits per heavy atom. The van der Waals surface area contributed by atoms with Crippen molar-refractivity contribution in [1.29, 1.82) is 0 Å². The number of imidazole rings is 1. The highest BCUT2D eigenvalue weighted by atomic mass is 16.2. The fraction of sp³-hybridized carbons (Fsp3) is 0.500. The van der Waals surface area contributed by atoms with Crippen molar-refractivity contribution >= 4 is 28.7 Å². The molecule has 0 unspecified atom stereocenters. The van der Waals surface area contributed by atoms with Crippen molar-refractivity contribution < 1.29 is 9.59 Å². The molecule has 202 valence electrons. The molecule has 3 aromatic rings. The third-order valence-corrected chi connectivity index (χ3v) is 7.02. The SMILES string of the molecule is CN(C)C(=O)/C=C/CCCC(=O)Nc1cccn(Cc2nc3ncnc(CCC4CCCCC4)c3[nH]2)c1=O. The molecule has 0 aromatic carbocycles. The zero-order valence-corrected chi connectivity index (χ0v) is 22.3. The number of unbranched alkanes of at least 4 members (excludes halogenated alkanes) is 1. The van der Waals surface area contributed by atoms with Crippen LogP contribution in [0.25, 0.3) is 11.2 Å². The summed E-state index contributed by atoms with van der Waals surface area (Å²) < 4.78 is 1.51. The molecule has 2 N–H and O–H groups in total. The standard InChI is InChI=1S/C28H37N7O3/c1-34(2)25(37)14-8-4-7-13-24(36)31-22-12-9-17-35(28(22)38)18-23-32-26-21(29-19-30-27(26)33-23)16-15-20-10-5-3-6-11-20/h8-9,12,14,17,19-20H,3-7,10-11,13,15-16,18H2,1-2H3,(H,31,36)(H,29,30,32,33)/b14-8+. The number of carbonyl (C=O) groups excluding carboxylic acids is 2. The van der Waals surface area contributed by atoms with E-state index in [2.05, 4.69) is 25.3 Å². The van der Waals surface area contributed by atoms with Crippen molar-refractivity contribution in [3.05, 3.63) is 58.7 Å². The number of likely N-dealkylation sites (N-methyl/N-ethyl adjacent to an activating group) is 1. The van der Waals surface area contributed by atoms with E-state index in [9.17, 15) is 14.4 Å². The number of nitrogens with one attached hydrogen (secondary N) is 2. The number of anilines is 1. The van der Waals surface area contributed by atoms with Crippen molar-refractivity contribution in [2.45, 2.75) is 70.8 Å². The summed E-state index contributed by atoms with van der Waals surface area (Å²) in [5.41, 5.74) is 2.32. The number of hydrogen-bond acceptors (Lipinski definition) is 6. The van der Waals surface area contributed by atoms with E-state index < -0.39 is 0 Å². The van der Waals surface area contributed by atoms with E-state index in [4.69, 9.17) is 0 Å². The van der Waals surface area contributed by atoms with Gasteiger partial charge >= 0.3 is 0 Å². The summed E-state index contributed by atoms with van der Waals surface area (Å²) in [6.07, 6.45) is 16.5. The molecule has 4 rings (SSSR count). The molecule has 1 aliphatic carbocycles. The Balaban J connectivity index is 1.35. The summed E-state index contributed by atoms with van der Waals surface area (Å²) in [6.45, 7) is 0.228. The van der Waals surface area contributed by atoms with Crippen LogP contribution in [-0.2, 0) is 22.6 Å². The smallest absolute Gasteiger partial charge is 0.274 e. The predicted octanol–water partition coefficient (Wildman–Crippen LogP) is 3.83. The number of carbonyl (C=O) groups is 2. The van der Waals surface area contributed by atoms with Gasteiger partial charge in [0.05, 0.1) is 12.2 Å². The molecule has 0 aliphatic heterocycles. The first-order valence-corrected chi connectivity index (χ1v) is 13.5. The highest BCUT2D eigenvalue weighted by Gasteiger charge is 2.16. The Labute approximate surface area is 222 Å². The highest BCUT2D eigenvalue weighted by Crippen LogP contribution is 2.28. The second kappa shape index (κ2) is 13.1. The maximum Gasteiger partial charge on any atom is 0.274 e. The summed E-state index contributed by atoms with van der Waals surface area (Å²) in [7, 11) is 3.37. The number of fused-ring (bicyclic) bond motifs is 1. The monoisotopic (exact) mass is 519 g/mol. The Morgan fingerprint density at radius 2 is 2.03 bits per heavy atom. The van der Waals surface area contributed by atoms with Gasteiger partial charge in [-0.2, -0.15) is 0 Å². The largest absolute Gasteiger partial charge is 0.345 e. The summed E-state index contributed by atoms with van der Waals surface area (Å²) in [5.74, 6) is 1.04. The highest BCUT2D eigenvalue weighted by molar-refractivity contribution is 5.90. The molecule has 1 saturated carbocycles. The van der Waals surface area contributed by atoms with Crippen LogP contribution in [0.1, 0.15) is 69.3 Å². The lowest BCUT2D eigenvalue weighted by Gasteiger charge is -2.21. The summed E-state index contributed by atoms with van der Waals surface area (Å²) in [5, 5.41) is 2.71. The maximum absolute atomic E-state index is 13.0. The Hall–Kier alpha value is -3.82. The Morgan fingerprint density at radius 3 is 2.82 bits per heavy atom. The van der Waals surface area contributed by atoms with E-state index >= 15 is 0 Å². The first-order valence-electron chi connectivity index (χ1n) is 13.5. The third kappa shape index (κ3) is 7.36. The lowest BCUT2D eigenvalue weighted by Crippen LogP contribution is -2.26. The van der Waals surface area contributed by atoms with Gasteiger partial charge in [0.2, 0.25) is 11.8 Å². The summed E-state index contributed by atoms with van der Waals surface area (Å²) in [6, 6.07) is 3.32. The third-order valence-electron chi connectivity index (χ3n) is 7.02. The van der Waals surface area contributed by atoms with Crippen LogP contribution in [0.5, 0.6) is 0 Å². The number of aryl methyl sites for hydroxylation is 1. The van der Waals surface area contributed by atoms with Crippen LogP contribution in [-0.4, -0.2) is 55.3 Å². The Kier molecular flexibility index (Phi) is 9.40. The van der Waals surface area contributed by atoms with Gasteiger partial charge in [-0.25, -0.2) is 15.0 Å². The topological polar surface area (TPSA) is 126 Å². The predicted molar refractivity (Wildman–Crippen MR) is 147 cm³/mol. The average Bonchev–Trinajstić information content (AvgIpc) is 3.33. The molecule has 38 heavy (non-hydrogen) atoms. The zero-order chi connectivity index (χ0) is 26.9. The lowest BCUT2D eigenvalue weighted by atomic mass is 9.86. The van der Waals surface area contributed by atoms with E-state index in [-0.39, 0.29) is 36.0 Å². The van der Waals surface area contributed by atoms with E-state index in [0.29, 0.717) is 24.3 Å². The van der Waals surface area contributed by atoms with Crippen LogP contribution >= 0.6 is 0 Å². The number of pyridine rings is 1. The van der Waals surface area contributed by atoms with Crippen molar-refractivity contribution in [2.75, 3.05) is 19.4 Å².